The summed E-state index contributed by atoms with van der Waals surface area (Å²) in [5.74, 6) is 0.593. The van der Waals surface area contributed by atoms with Gasteiger partial charge in [-0.15, -0.1) is 0 Å². The Morgan fingerprint density at radius 2 is 1.81 bits per heavy atom. The van der Waals surface area contributed by atoms with Gasteiger partial charge in [0.1, 0.15) is 0 Å². The van der Waals surface area contributed by atoms with E-state index < -0.39 is 6.10 Å². The lowest BCUT2D eigenvalue weighted by atomic mass is 9.87. The summed E-state index contributed by atoms with van der Waals surface area (Å²) in [5.41, 5.74) is 4.95. The molecular weight excluding hydrogens is 344 g/mol. The van der Waals surface area contributed by atoms with Gasteiger partial charge in [0, 0.05) is 28.2 Å². The number of aliphatic hydroxyl groups is 1. The first-order valence-electron chi connectivity index (χ1n) is 9.35. The summed E-state index contributed by atoms with van der Waals surface area (Å²) >= 11 is 5.93. The monoisotopic (exact) mass is 368 g/mol. The molecule has 26 heavy (non-hydrogen) atoms. The molecule has 0 bridgehead atoms. The Balaban J connectivity index is 1.41. The van der Waals surface area contributed by atoms with Gasteiger partial charge in [-0.25, -0.2) is 0 Å². The van der Waals surface area contributed by atoms with Gasteiger partial charge in [0.05, 0.1) is 6.10 Å². The number of aryl methyl sites for hydroxylation is 1. The summed E-state index contributed by atoms with van der Waals surface area (Å²) in [7, 11) is 0. The van der Waals surface area contributed by atoms with Crippen molar-refractivity contribution in [3.8, 4) is 0 Å². The van der Waals surface area contributed by atoms with Gasteiger partial charge in [0.25, 0.3) is 0 Å². The van der Waals surface area contributed by atoms with E-state index in [2.05, 4.69) is 41.1 Å². The van der Waals surface area contributed by atoms with Crippen molar-refractivity contribution < 1.29 is 5.11 Å². The van der Waals surface area contributed by atoms with Crippen LogP contribution in [0.5, 0.6) is 0 Å². The number of aromatic nitrogens is 1. The Kier molecular flexibility index (Phi) is 5.03. The largest absolute Gasteiger partial charge is 0.387 e. The summed E-state index contributed by atoms with van der Waals surface area (Å²) < 4.78 is 0. The number of nitrogens with zero attached hydrogens (tertiary/aromatic N) is 1. The quantitative estimate of drug-likeness (QED) is 0.677. The minimum atomic E-state index is -0.460. The first kappa shape index (κ1) is 17.6. The SMILES string of the molecule is Cc1[nH]c2ccccc2c1C1CCN(CC(O)c2ccc(Cl)cc2)CC1. The maximum atomic E-state index is 10.5. The molecule has 0 amide bonds. The smallest absolute Gasteiger partial charge is 0.0916 e. The molecule has 1 saturated heterocycles. The number of aliphatic hydroxyl groups excluding tert-OH is 1. The van der Waals surface area contributed by atoms with Gasteiger partial charge in [-0.3, -0.25) is 0 Å². The second kappa shape index (κ2) is 7.43. The van der Waals surface area contributed by atoms with Gasteiger partial charge in [0.2, 0.25) is 0 Å². The van der Waals surface area contributed by atoms with Gasteiger partial charge in [-0.1, -0.05) is 41.9 Å². The van der Waals surface area contributed by atoms with E-state index in [9.17, 15) is 5.11 Å². The van der Waals surface area contributed by atoms with Crippen molar-refractivity contribution >= 4 is 22.5 Å². The van der Waals surface area contributed by atoms with Crippen LogP contribution in [0.25, 0.3) is 10.9 Å². The number of para-hydroxylation sites is 1. The molecule has 3 aromatic rings. The number of rotatable bonds is 4. The number of halogens is 1. The second-order valence-corrected chi connectivity index (χ2v) is 7.79. The van der Waals surface area contributed by atoms with E-state index in [1.165, 1.54) is 22.2 Å². The molecule has 2 aromatic carbocycles. The first-order chi connectivity index (χ1) is 12.6. The van der Waals surface area contributed by atoms with Crippen molar-refractivity contribution in [3.05, 3.63) is 70.4 Å². The molecule has 1 fully saturated rings. The third-order valence-corrected chi connectivity index (χ3v) is 5.88. The van der Waals surface area contributed by atoms with E-state index in [0.29, 0.717) is 17.5 Å². The molecule has 4 rings (SSSR count). The van der Waals surface area contributed by atoms with Crippen molar-refractivity contribution in [1.82, 2.24) is 9.88 Å². The molecule has 0 radical (unpaired) electrons. The predicted octanol–water partition coefficient (Wildman–Crippen LogP) is 5.04. The molecule has 0 aliphatic carbocycles. The van der Waals surface area contributed by atoms with E-state index in [1.807, 2.05) is 24.3 Å². The zero-order valence-electron chi connectivity index (χ0n) is 15.1. The number of hydrogen-bond donors (Lipinski definition) is 2. The number of aromatic amines is 1. The zero-order valence-corrected chi connectivity index (χ0v) is 15.8. The van der Waals surface area contributed by atoms with Crippen LogP contribution in [-0.2, 0) is 0 Å². The number of likely N-dealkylation sites (tertiary alicyclic amines) is 1. The maximum absolute atomic E-state index is 10.5. The highest BCUT2D eigenvalue weighted by Gasteiger charge is 2.25. The molecule has 136 valence electrons. The highest BCUT2D eigenvalue weighted by molar-refractivity contribution is 6.30. The fourth-order valence-corrected chi connectivity index (χ4v) is 4.39. The number of piperidine rings is 1. The number of fused-ring (bicyclic) bond motifs is 1. The van der Waals surface area contributed by atoms with Crippen LogP contribution in [0.4, 0.5) is 0 Å². The standard InChI is InChI=1S/C22H25ClN2O/c1-15-22(19-4-2-3-5-20(19)24-15)17-10-12-25(13-11-17)14-21(26)16-6-8-18(23)9-7-16/h2-9,17,21,24,26H,10-14H2,1H3. The van der Waals surface area contributed by atoms with E-state index in [1.54, 1.807) is 0 Å². The minimum absolute atomic E-state index is 0.460. The Hall–Kier alpha value is -1.81. The molecule has 0 saturated carbocycles. The molecule has 2 heterocycles. The summed E-state index contributed by atoms with van der Waals surface area (Å²) in [6.45, 7) is 4.91. The Morgan fingerprint density at radius 3 is 2.54 bits per heavy atom. The first-order valence-corrected chi connectivity index (χ1v) is 9.72. The third-order valence-electron chi connectivity index (χ3n) is 5.63. The Labute approximate surface area is 159 Å². The van der Waals surface area contributed by atoms with Crippen LogP contribution in [0.15, 0.2) is 48.5 Å². The van der Waals surface area contributed by atoms with Crippen LogP contribution in [0.1, 0.15) is 41.7 Å². The van der Waals surface area contributed by atoms with Gasteiger partial charge in [-0.05, 0) is 68.1 Å². The van der Waals surface area contributed by atoms with E-state index >= 15 is 0 Å². The average molecular weight is 369 g/mol. The predicted molar refractivity (Wildman–Crippen MR) is 108 cm³/mol. The molecule has 1 aromatic heterocycles. The number of benzene rings is 2. The zero-order chi connectivity index (χ0) is 18.1. The molecule has 3 nitrogen and oxygen atoms in total. The molecule has 1 atom stereocenters. The van der Waals surface area contributed by atoms with Gasteiger partial charge < -0.3 is 15.0 Å². The fraction of sp³-hybridized carbons (Fsp3) is 0.364. The van der Waals surface area contributed by atoms with Gasteiger partial charge in [-0.2, -0.15) is 0 Å². The van der Waals surface area contributed by atoms with Crippen molar-refractivity contribution in [2.45, 2.75) is 31.8 Å². The van der Waals surface area contributed by atoms with Crippen molar-refractivity contribution in [2.75, 3.05) is 19.6 Å². The lowest BCUT2D eigenvalue weighted by molar-refractivity contribution is 0.0973. The van der Waals surface area contributed by atoms with Crippen molar-refractivity contribution in [3.63, 3.8) is 0 Å². The second-order valence-electron chi connectivity index (χ2n) is 7.35. The number of H-pyrrole nitrogens is 1. The van der Waals surface area contributed by atoms with Crippen LogP contribution in [0.3, 0.4) is 0 Å². The van der Waals surface area contributed by atoms with Crippen LogP contribution in [0.2, 0.25) is 5.02 Å². The van der Waals surface area contributed by atoms with Gasteiger partial charge in [0.15, 0.2) is 0 Å². The fourth-order valence-electron chi connectivity index (χ4n) is 4.26. The number of β-amino-alcohol motifs (C(OH)–C–C–N with tert-alkyl or cyclic N) is 1. The normalized spacial score (nSPS) is 17.7. The third kappa shape index (κ3) is 3.52. The average Bonchev–Trinajstić information content (AvgIpc) is 2.99. The lowest BCUT2D eigenvalue weighted by Crippen LogP contribution is -2.36. The molecule has 0 spiro atoms. The highest BCUT2D eigenvalue weighted by Crippen LogP contribution is 2.35. The molecule has 1 aliphatic heterocycles. The van der Waals surface area contributed by atoms with Crippen molar-refractivity contribution in [2.24, 2.45) is 0 Å². The molecule has 2 N–H and O–H groups in total. The number of nitrogens with one attached hydrogen (secondary N) is 1. The van der Waals surface area contributed by atoms with Crippen LogP contribution in [-0.4, -0.2) is 34.6 Å². The molecular formula is C22H25ClN2O. The van der Waals surface area contributed by atoms with Crippen molar-refractivity contribution in [1.29, 1.82) is 0 Å². The molecule has 4 heteroatoms. The lowest BCUT2D eigenvalue weighted by Gasteiger charge is -2.33. The van der Waals surface area contributed by atoms with Crippen LogP contribution < -0.4 is 0 Å². The minimum Gasteiger partial charge on any atom is -0.387 e. The topological polar surface area (TPSA) is 39.3 Å². The molecule has 1 unspecified atom stereocenters. The van der Waals surface area contributed by atoms with Crippen LogP contribution in [0, 0.1) is 6.92 Å². The maximum Gasteiger partial charge on any atom is 0.0916 e. The highest BCUT2D eigenvalue weighted by atomic mass is 35.5. The summed E-state index contributed by atoms with van der Waals surface area (Å²) in [6.07, 6.45) is 1.81. The van der Waals surface area contributed by atoms with E-state index in [4.69, 9.17) is 11.6 Å². The van der Waals surface area contributed by atoms with E-state index in [-0.39, 0.29) is 0 Å². The Morgan fingerprint density at radius 1 is 1.12 bits per heavy atom. The Bertz CT molecular complexity index is 879. The van der Waals surface area contributed by atoms with Crippen LogP contribution >= 0.6 is 11.6 Å². The molecule has 1 aliphatic rings. The van der Waals surface area contributed by atoms with E-state index in [0.717, 1.165) is 31.5 Å². The van der Waals surface area contributed by atoms with Gasteiger partial charge >= 0.3 is 0 Å². The number of hydrogen-bond acceptors (Lipinski definition) is 2. The summed E-state index contributed by atoms with van der Waals surface area (Å²) in [5, 5.41) is 12.6. The summed E-state index contributed by atoms with van der Waals surface area (Å²) in [6, 6.07) is 16.1. The summed E-state index contributed by atoms with van der Waals surface area (Å²) in [4.78, 5) is 5.90.